The van der Waals surface area contributed by atoms with Crippen LogP contribution in [0.5, 0.6) is 0 Å². The minimum absolute atomic E-state index is 0.106. The fourth-order valence-electron chi connectivity index (χ4n) is 3.89. The lowest BCUT2D eigenvalue weighted by atomic mass is 9.91. The third kappa shape index (κ3) is 3.97. The maximum absolute atomic E-state index is 14.0. The lowest BCUT2D eigenvalue weighted by molar-refractivity contribution is -0.0366. The largest absolute Gasteiger partial charge is 0.388 e. The third-order valence-corrected chi connectivity index (χ3v) is 7.32. The molecule has 154 valence electrons. The first-order valence-electron chi connectivity index (χ1n) is 9.60. The van der Waals surface area contributed by atoms with Gasteiger partial charge in [0.1, 0.15) is 10.6 Å². The Hall–Kier alpha value is -1.80. The quantitative estimate of drug-likeness (QED) is 0.675. The van der Waals surface area contributed by atoms with Crippen molar-refractivity contribution in [3.05, 3.63) is 61.7 Å². The van der Waals surface area contributed by atoms with Gasteiger partial charge in [0.05, 0.1) is 23.9 Å². The molecule has 1 aliphatic heterocycles. The predicted octanol–water partition coefficient (Wildman–Crippen LogP) is 3.89. The van der Waals surface area contributed by atoms with Gasteiger partial charge in [-0.1, -0.05) is 17.7 Å². The van der Waals surface area contributed by atoms with Gasteiger partial charge < -0.3 is 5.11 Å². The molecule has 1 fully saturated rings. The summed E-state index contributed by atoms with van der Waals surface area (Å²) < 4.78 is 15.6. The van der Waals surface area contributed by atoms with Crippen molar-refractivity contribution in [2.24, 2.45) is 0 Å². The number of hydrogen-bond acceptors (Lipinski definition) is 5. The zero-order chi connectivity index (χ0) is 20.8. The Balaban J connectivity index is 1.48. The number of rotatable bonds is 4. The smallest absolute Gasteiger partial charge is 0.262 e. The van der Waals surface area contributed by atoms with Crippen LogP contribution in [0.4, 0.5) is 4.39 Å². The first kappa shape index (κ1) is 20.5. The monoisotopic (exact) mass is 435 g/mol. The molecule has 0 radical (unpaired) electrons. The SMILES string of the molecule is Cc1sc2ncn(CC3(O)CCN(Cc4c(F)cccc4Cl)CC3)c(=O)c2c1C. The number of fused-ring (bicyclic) bond motifs is 1. The fraction of sp³-hybridized carbons (Fsp3) is 0.429. The van der Waals surface area contributed by atoms with Crippen LogP contribution in [0.2, 0.25) is 5.02 Å². The molecule has 3 aromatic rings. The van der Waals surface area contributed by atoms with Gasteiger partial charge in [0.15, 0.2) is 0 Å². The van der Waals surface area contributed by atoms with E-state index in [4.69, 9.17) is 11.6 Å². The zero-order valence-corrected chi connectivity index (χ0v) is 18.0. The Kier molecular flexibility index (Phi) is 5.50. The van der Waals surface area contributed by atoms with E-state index in [1.54, 1.807) is 12.1 Å². The molecular formula is C21H23ClFN3O2S. The van der Waals surface area contributed by atoms with Crippen LogP contribution in [0.15, 0.2) is 29.3 Å². The minimum atomic E-state index is -0.992. The molecule has 0 bridgehead atoms. The van der Waals surface area contributed by atoms with Crippen molar-refractivity contribution in [2.75, 3.05) is 13.1 Å². The highest BCUT2D eigenvalue weighted by Gasteiger charge is 2.33. The molecule has 8 heteroatoms. The van der Waals surface area contributed by atoms with E-state index in [0.717, 1.165) is 15.3 Å². The summed E-state index contributed by atoms with van der Waals surface area (Å²) in [5, 5.41) is 12.1. The number of nitrogens with zero attached hydrogens (tertiary/aromatic N) is 3. The molecule has 0 spiro atoms. The van der Waals surface area contributed by atoms with Crippen LogP contribution in [-0.4, -0.2) is 38.2 Å². The van der Waals surface area contributed by atoms with Crippen molar-refractivity contribution in [1.29, 1.82) is 0 Å². The Morgan fingerprint density at radius 3 is 2.72 bits per heavy atom. The zero-order valence-electron chi connectivity index (χ0n) is 16.4. The van der Waals surface area contributed by atoms with Crippen molar-refractivity contribution >= 4 is 33.2 Å². The van der Waals surface area contributed by atoms with E-state index >= 15 is 0 Å². The lowest BCUT2D eigenvalue weighted by Gasteiger charge is -2.38. The van der Waals surface area contributed by atoms with Gasteiger partial charge >= 0.3 is 0 Å². The molecule has 4 rings (SSSR count). The van der Waals surface area contributed by atoms with Crippen LogP contribution in [0.25, 0.3) is 10.2 Å². The summed E-state index contributed by atoms with van der Waals surface area (Å²) in [7, 11) is 0. The van der Waals surface area contributed by atoms with E-state index in [-0.39, 0.29) is 17.9 Å². The summed E-state index contributed by atoms with van der Waals surface area (Å²) in [4.78, 5) is 21.2. The molecule has 29 heavy (non-hydrogen) atoms. The highest BCUT2D eigenvalue weighted by atomic mass is 35.5. The summed E-state index contributed by atoms with van der Waals surface area (Å²) in [5.74, 6) is -0.314. The van der Waals surface area contributed by atoms with Gasteiger partial charge in [0.25, 0.3) is 5.56 Å². The average molecular weight is 436 g/mol. The van der Waals surface area contributed by atoms with E-state index < -0.39 is 5.60 Å². The summed E-state index contributed by atoms with van der Waals surface area (Å²) in [5.41, 5.74) is 0.341. The molecule has 0 saturated carbocycles. The normalized spacial score (nSPS) is 17.1. The first-order valence-corrected chi connectivity index (χ1v) is 10.8. The second-order valence-corrected chi connectivity index (χ2v) is 9.45. The van der Waals surface area contributed by atoms with Gasteiger partial charge in [0, 0.05) is 35.1 Å². The number of halogens is 2. The number of piperidine rings is 1. The van der Waals surface area contributed by atoms with Gasteiger partial charge in [-0.25, -0.2) is 9.37 Å². The average Bonchev–Trinajstić information content (AvgIpc) is 2.97. The standard InChI is InChI=1S/C21H23ClFN3O2S/c1-13-14(2)29-19-18(13)20(27)26(12-24-19)11-21(28)6-8-25(9-7-21)10-15-16(22)4-3-5-17(15)23/h3-5,12,28H,6-11H2,1-2H3. The summed E-state index contributed by atoms with van der Waals surface area (Å²) >= 11 is 7.65. The summed E-state index contributed by atoms with van der Waals surface area (Å²) in [6, 6.07) is 4.69. The number of benzene rings is 1. The van der Waals surface area contributed by atoms with Crippen LogP contribution in [0, 0.1) is 19.7 Å². The minimum Gasteiger partial charge on any atom is -0.388 e. The van der Waals surface area contributed by atoms with Crippen molar-refractivity contribution in [3.8, 4) is 0 Å². The van der Waals surface area contributed by atoms with Crippen molar-refractivity contribution < 1.29 is 9.50 Å². The number of hydrogen-bond donors (Lipinski definition) is 1. The van der Waals surface area contributed by atoms with E-state index in [0.29, 0.717) is 48.4 Å². The summed E-state index contributed by atoms with van der Waals surface area (Å²) in [6.07, 6.45) is 2.51. The Morgan fingerprint density at radius 2 is 2.03 bits per heavy atom. The van der Waals surface area contributed by atoms with Crippen LogP contribution < -0.4 is 5.56 Å². The van der Waals surface area contributed by atoms with Crippen molar-refractivity contribution in [2.45, 2.75) is 45.4 Å². The molecule has 1 aromatic carbocycles. The fourth-order valence-corrected chi connectivity index (χ4v) is 5.10. The molecule has 1 saturated heterocycles. The van der Waals surface area contributed by atoms with Crippen LogP contribution >= 0.6 is 22.9 Å². The highest BCUT2D eigenvalue weighted by molar-refractivity contribution is 7.18. The van der Waals surface area contributed by atoms with Crippen molar-refractivity contribution in [1.82, 2.24) is 14.5 Å². The second kappa shape index (κ2) is 7.80. The van der Waals surface area contributed by atoms with E-state index in [2.05, 4.69) is 9.88 Å². The van der Waals surface area contributed by atoms with Crippen LogP contribution in [0.3, 0.4) is 0 Å². The second-order valence-electron chi connectivity index (χ2n) is 7.84. The molecule has 3 heterocycles. The number of thiophene rings is 1. The third-order valence-electron chi connectivity index (χ3n) is 5.85. The van der Waals surface area contributed by atoms with Crippen LogP contribution in [-0.2, 0) is 13.1 Å². The van der Waals surface area contributed by atoms with Crippen molar-refractivity contribution in [3.63, 3.8) is 0 Å². The number of likely N-dealkylation sites (tertiary alicyclic amines) is 1. The number of aromatic nitrogens is 2. The number of aliphatic hydroxyl groups is 1. The molecule has 0 atom stereocenters. The van der Waals surface area contributed by atoms with Gasteiger partial charge in [-0.15, -0.1) is 11.3 Å². The van der Waals surface area contributed by atoms with E-state index in [1.165, 1.54) is 28.3 Å². The maximum atomic E-state index is 14.0. The Morgan fingerprint density at radius 1 is 1.31 bits per heavy atom. The van der Waals surface area contributed by atoms with E-state index in [9.17, 15) is 14.3 Å². The molecule has 1 aliphatic rings. The van der Waals surface area contributed by atoms with Crippen LogP contribution in [0.1, 0.15) is 28.8 Å². The van der Waals surface area contributed by atoms with Gasteiger partial charge in [0.2, 0.25) is 0 Å². The molecule has 0 aliphatic carbocycles. The van der Waals surface area contributed by atoms with Gasteiger partial charge in [-0.3, -0.25) is 14.3 Å². The molecule has 0 amide bonds. The highest BCUT2D eigenvalue weighted by Crippen LogP contribution is 2.29. The molecule has 0 unspecified atom stereocenters. The van der Waals surface area contributed by atoms with Gasteiger partial charge in [-0.05, 0) is 44.4 Å². The maximum Gasteiger partial charge on any atom is 0.262 e. The topological polar surface area (TPSA) is 58.4 Å². The summed E-state index contributed by atoms with van der Waals surface area (Å²) in [6.45, 7) is 5.73. The lowest BCUT2D eigenvalue weighted by Crippen LogP contribution is -2.47. The van der Waals surface area contributed by atoms with Gasteiger partial charge in [-0.2, -0.15) is 0 Å². The Labute approximate surface area is 177 Å². The number of aryl methyl sites for hydroxylation is 2. The molecule has 1 N–H and O–H groups in total. The first-order chi connectivity index (χ1) is 13.8. The predicted molar refractivity (Wildman–Crippen MR) is 114 cm³/mol. The van der Waals surface area contributed by atoms with E-state index in [1.807, 2.05) is 13.8 Å². The Bertz CT molecular complexity index is 1100. The molecular weight excluding hydrogens is 413 g/mol. The molecule has 5 nitrogen and oxygen atoms in total. The molecule has 2 aromatic heterocycles.